The zero-order valence-electron chi connectivity index (χ0n) is 19.9. The van der Waals surface area contributed by atoms with E-state index in [-0.39, 0.29) is 0 Å². The van der Waals surface area contributed by atoms with Crippen LogP contribution in [0.2, 0.25) is 0 Å². The minimum absolute atomic E-state index is 0.347. The van der Waals surface area contributed by atoms with Crippen molar-refractivity contribution in [1.82, 2.24) is 4.98 Å². The molecule has 4 heterocycles. The maximum Gasteiger partial charge on any atom is 0.216 e. The van der Waals surface area contributed by atoms with Gasteiger partial charge in [0.25, 0.3) is 0 Å². The summed E-state index contributed by atoms with van der Waals surface area (Å²) >= 11 is 0. The predicted octanol–water partition coefficient (Wildman–Crippen LogP) is 6.30. The fourth-order valence-electron chi connectivity index (χ4n) is 4.37. The second kappa shape index (κ2) is 5.92. The van der Waals surface area contributed by atoms with Gasteiger partial charge in [-0.3, -0.25) is 4.98 Å². The van der Waals surface area contributed by atoms with E-state index in [0.717, 1.165) is 55.2 Å². The van der Waals surface area contributed by atoms with Crippen LogP contribution in [0.1, 0.15) is 20.8 Å². The first-order chi connectivity index (χ1) is 15.7. The molecule has 4 aromatic heterocycles. The van der Waals surface area contributed by atoms with E-state index in [2.05, 4.69) is 23.2 Å². The van der Waals surface area contributed by atoms with Crippen LogP contribution in [0.25, 0.3) is 55.3 Å². The van der Waals surface area contributed by atoms with E-state index in [0.29, 0.717) is 16.7 Å². The SMILES string of the molecule is [2H]C([2H])([2H])c1c[n+](C)c(-c2c(C)ccc3c2oc2c3ccc3c4ncccc4oc32)cc1C. The van der Waals surface area contributed by atoms with Gasteiger partial charge in [0.15, 0.2) is 22.9 Å². The van der Waals surface area contributed by atoms with Gasteiger partial charge in [-0.2, -0.15) is 0 Å². The Morgan fingerprint density at radius 2 is 1.63 bits per heavy atom. The second-order valence-corrected chi connectivity index (χ2v) is 7.87. The summed E-state index contributed by atoms with van der Waals surface area (Å²) in [5.74, 6) is 0. The normalized spacial score (nSPS) is 13.9. The zero-order valence-corrected chi connectivity index (χ0v) is 16.9. The number of benzene rings is 2. The minimum atomic E-state index is -2.16. The third-order valence-electron chi connectivity index (χ3n) is 5.95. The number of pyridine rings is 2. The maximum absolute atomic E-state index is 7.84. The highest BCUT2D eigenvalue weighted by atomic mass is 16.4. The molecule has 0 aliphatic carbocycles. The average molecular weight is 396 g/mol. The number of nitrogens with zero attached hydrogens (tertiary/aromatic N) is 2. The van der Waals surface area contributed by atoms with Crippen molar-refractivity contribution in [2.24, 2.45) is 7.05 Å². The van der Waals surface area contributed by atoms with Gasteiger partial charge in [0, 0.05) is 32.7 Å². The molecule has 0 spiro atoms. The molecule has 0 bridgehead atoms. The van der Waals surface area contributed by atoms with Gasteiger partial charge >= 0.3 is 0 Å². The van der Waals surface area contributed by atoms with E-state index < -0.39 is 6.85 Å². The molecule has 0 fully saturated rings. The molecule has 6 aromatic rings. The lowest BCUT2D eigenvalue weighted by molar-refractivity contribution is -0.660. The summed E-state index contributed by atoms with van der Waals surface area (Å²) < 4.78 is 38.0. The Hall–Kier alpha value is -3.66. The minimum Gasteiger partial charge on any atom is -0.451 e. The Morgan fingerprint density at radius 1 is 0.867 bits per heavy atom. The number of hydrogen-bond acceptors (Lipinski definition) is 3. The number of hydrogen-bond donors (Lipinski definition) is 0. The van der Waals surface area contributed by atoms with Crippen molar-refractivity contribution in [3.8, 4) is 11.3 Å². The van der Waals surface area contributed by atoms with Crippen LogP contribution in [0.3, 0.4) is 0 Å². The first-order valence-electron chi connectivity index (χ1n) is 11.4. The molecule has 0 atom stereocenters. The van der Waals surface area contributed by atoms with Crippen molar-refractivity contribution < 1.29 is 17.5 Å². The van der Waals surface area contributed by atoms with Gasteiger partial charge in [-0.15, -0.1) is 0 Å². The molecule has 30 heavy (non-hydrogen) atoms. The lowest BCUT2D eigenvalue weighted by Gasteiger charge is -2.07. The summed E-state index contributed by atoms with van der Waals surface area (Å²) in [5.41, 5.74) is 7.60. The van der Waals surface area contributed by atoms with Crippen LogP contribution < -0.4 is 4.57 Å². The molecular weight excluding hydrogens is 372 g/mol. The highest BCUT2D eigenvalue weighted by Gasteiger charge is 2.23. The molecular formula is C26H21N2O2+. The van der Waals surface area contributed by atoms with Crippen LogP contribution in [0.4, 0.5) is 0 Å². The summed E-state index contributed by atoms with van der Waals surface area (Å²) in [5, 5.41) is 2.87. The molecule has 0 aliphatic rings. The third kappa shape index (κ3) is 2.22. The first-order valence-corrected chi connectivity index (χ1v) is 9.87. The van der Waals surface area contributed by atoms with Crippen LogP contribution in [0, 0.1) is 20.7 Å². The average Bonchev–Trinajstić information content (AvgIpc) is 3.33. The molecule has 0 saturated carbocycles. The van der Waals surface area contributed by atoms with Crippen LogP contribution in [-0.4, -0.2) is 4.98 Å². The molecule has 2 aromatic carbocycles. The lowest BCUT2D eigenvalue weighted by atomic mass is 9.99. The number of aromatic nitrogens is 2. The van der Waals surface area contributed by atoms with Gasteiger partial charge in [0.05, 0.1) is 10.9 Å². The molecule has 4 nitrogen and oxygen atoms in total. The Kier molecular flexibility index (Phi) is 2.83. The monoisotopic (exact) mass is 396 g/mol. The van der Waals surface area contributed by atoms with E-state index in [4.69, 9.17) is 12.9 Å². The number of furan rings is 2. The van der Waals surface area contributed by atoms with Crippen molar-refractivity contribution in [1.29, 1.82) is 0 Å². The molecule has 4 heteroatoms. The van der Waals surface area contributed by atoms with Crippen LogP contribution >= 0.6 is 0 Å². The lowest BCUT2D eigenvalue weighted by Crippen LogP contribution is -2.31. The van der Waals surface area contributed by atoms with Crippen molar-refractivity contribution in [3.63, 3.8) is 0 Å². The van der Waals surface area contributed by atoms with Gasteiger partial charge < -0.3 is 8.83 Å². The molecule has 0 saturated heterocycles. The van der Waals surface area contributed by atoms with E-state index in [1.54, 1.807) is 12.4 Å². The van der Waals surface area contributed by atoms with E-state index in [9.17, 15) is 0 Å². The number of aryl methyl sites for hydroxylation is 4. The van der Waals surface area contributed by atoms with E-state index >= 15 is 0 Å². The number of fused-ring (bicyclic) bond motifs is 7. The Labute approximate surface area is 177 Å². The van der Waals surface area contributed by atoms with Crippen molar-refractivity contribution in [2.45, 2.75) is 20.7 Å². The smallest absolute Gasteiger partial charge is 0.216 e. The zero-order chi connectivity index (χ0) is 23.1. The molecule has 0 radical (unpaired) electrons. The van der Waals surface area contributed by atoms with Gasteiger partial charge in [0.2, 0.25) is 5.69 Å². The fourth-order valence-corrected chi connectivity index (χ4v) is 4.37. The highest BCUT2D eigenvalue weighted by Crippen LogP contribution is 2.41. The summed E-state index contributed by atoms with van der Waals surface area (Å²) in [6, 6.07) is 13.9. The largest absolute Gasteiger partial charge is 0.451 e. The molecule has 0 unspecified atom stereocenters. The number of rotatable bonds is 1. The van der Waals surface area contributed by atoms with Crippen molar-refractivity contribution >= 4 is 44.0 Å². The molecule has 0 amide bonds. The van der Waals surface area contributed by atoms with Gasteiger partial charge in [0.1, 0.15) is 18.1 Å². The molecule has 146 valence electrons. The Balaban J connectivity index is 1.70. The Bertz CT molecular complexity index is 1740. The van der Waals surface area contributed by atoms with E-state index in [1.807, 2.05) is 49.7 Å². The van der Waals surface area contributed by atoms with Crippen LogP contribution in [0.15, 0.2) is 63.7 Å². The summed E-state index contributed by atoms with van der Waals surface area (Å²) in [6.45, 7) is 1.71. The van der Waals surface area contributed by atoms with Gasteiger partial charge in [-0.1, -0.05) is 12.1 Å². The summed E-state index contributed by atoms with van der Waals surface area (Å²) in [7, 11) is 1.87. The van der Waals surface area contributed by atoms with Crippen molar-refractivity contribution in [3.05, 3.63) is 71.5 Å². The van der Waals surface area contributed by atoms with Gasteiger partial charge in [-0.25, -0.2) is 4.57 Å². The quantitative estimate of drug-likeness (QED) is 0.306. The highest BCUT2D eigenvalue weighted by molar-refractivity contribution is 6.19. The molecule has 0 N–H and O–H groups in total. The topological polar surface area (TPSA) is 43.0 Å². The van der Waals surface area contributed by atoms with Crippen LogP contribution in [-0.2, 0) is 7.05 Å². The third-order valence-corrected chi connectivity index (χ3v) is 5.95. The first kappa shape index (κ1) is 14.3. The Morgan fingerprint density at radius 3 is 2.50 bits per heavy atom. The summed E-state index contributed by atoms with van der Waals surface area (Å²) in [4.78, 5) is 4.47. The fraction of sp³-hybridized carbons (Fsp3) is 0.154. The van der Waals surface area contributed by atoms with Gasteiger partial charge in [-0.05, 0) is 56.1 Å². The van der Waals surface area contributed by atoms with Crippen molar-refractivity contribution in [2.75, 3.05) is 0 Å². The summed E-state index contributed by atoms with van der Waals surface area (Å²) in [6.07, 6.45) is 3.45. The predicted molar refractivity (Wildman–Crippen MR) is 120 cm³/mol. The van der Waals surface area contributed by atoms with E-state index in [1.165, 1.54) is 0 Å². The standard InChI is InChI=1S/C26H21N2O2/c1-14-7-8-17-18-9-10-19-23-21(6-5-11-27-23)29-26(19)25(18)30-24(17)22(14)20-12-15(2)16(3)13-28(20)4/h5-13H,1-4H3/q+1/i3D3. The maximum atomic E-state index is 7.84. The second-order valence-electron chi connectivity index (χ2n) is 7.87. The van der Waals surface area contributed by atoms with Crippen LogP contribution in [0.5, 0.6) is 0 Å². The molecule has 6 rings (SSSR count). The molecule has 0 aliphatic heterocycles.